The number of likely N-dealkylation sites (tertiary alicyclic amines) is 1. The van der Waals surface area contributed by atoms with Crippen LogP contribution >= 0.6 is 11.8 Å². The molecule has 1 aromatic carbocycles. The van der Waals surface area contributed by atoms with E-state index in [4.69, 9.17) is 14.6 Å². The number of cyclic esters (lactones) is 1. The highest BCUT2D eigenvalue weighted by Gasteiger charge is 2.71. The maximum Gasteiger partial charge on any atom is 0.311 e. The second-order valence-corrected chi connectivity index (χ2v) is 10.8. The highest BCUT2D eigenvalue weighted by Crippen LogP contribution is 2.61. The molecule has 2 fully saturated rings. The van der Waals surface area contributed by atoms with Crippen LogP contribution in [0.1, 0.15) is 19.3 Å². The number of aliphatic hydroxyl groups excluding tert-OH is 1. The Labute approximate surface area is 208 Å². The summed E-state index contributed by atoms with van der Waals surface area (Å²) >= 11 is 1.54. The van der Waals surface area contributed by atoms with Crippen molar-refractivity contribution in [2.45, 2.75) is 35.3 Å². The van der Waals surface area contributed by atoms with Gasteiger partial charge < -0.3 is 24.4 Å². The molecule has 4 aliphatic rings. The summed E-state index contributed by atoms with van der Waals surface area (Å²) in [5.74, 6) is -1.28. The molecule has 1 aromatic rings. The van der Waals surface area contributed by atoms with Crippen LogP contribution in [0.25, 0.3) is 0 Å². The van der Waals surface area contributed by atoms with Gasteiger partial charge in [0.05, 0.1) is 23.7 Å². The van der Waals surface area contributed by atoms with E-state index in [1.54, 1.807) is 28.7 Å². The smallest absolute Gasteiger partial charge is 0.311 e. The first-order valence-corrected chi connectivity index (χ1v) is 13.0. The summed E-state index contributed by atoms with van der Waals surface area (Å²) in [7, 11) is 1.59. The van der Waals surface area contributed by atoms with E-state index in [1.807, 2.05) is 48.6 Å². The molecule has 5 atom stereocenters. The third-order valence-electron chi connectivity index (χ3n) is 7.35. The summed E-state index contributed by atoms with van der Waals surface area (Å²) < 4.78 is 9.82. The van der Waals surface area contributed by atoms with E-state index in [1.165, 1.54) is 0 Å². The number of nitrogens with zero attached hydrogens (tertiary/aromatic N) is 2. The third-order valence-corrected chi connectivity index (χ3v) is 9.10. The van der Waals surface area contributed by atoms with Crippen LogP contribution in [0.2, 0.25) is 0 Å². The fourth-order valence-corrected chi connectivity index (χ4v) is 7.78. The molecule has 0 aliphatic carbocycles. The van der Waals surface area contributed by atoms with Gasteiger partial charge in [0.2, 0.25) is 5.91 Å². The number of amides is 2. The molecule has 4 aliphatic heterocycles. The maximum atomic E-state index is 14.2. The molecule has 4 heterocycles. The molecule has 9 heteroatoms. The summed E-state index contributed by atoms with van der Waals surface area (Å²) in [5, 5.41) is 8.95. The SMILES string of the molecule is COc1ccc(N2CC=C[C@]34S[C@@H]5C=CCOC(=O)[C@@H]5[C@H]3C(=O)N(CCCCCO)C4C2=O)cc1. The number of unbranched alkanes of at least 4 members (excludes halogenated alkanes) is 2. The summed E-state index contributed by atoms with van der Waals surface area (Å²) in [6.07, 6.45) is 9.79. The Bertz CT molecular complexity index is 1060. The number of fused-ring (bicyclic) bond motifs is 2. The molecule has 2 saturated heterocycles. The number of ether oxygens (including phenoxy) is 2. The predicted octanol–water partition coefficient (Wildman–Crippen LogP) is 2.17. The minimum Gasteiger partial charge on any atom is -0.497 e. The van der Waals surface area contributed by atoms with E-state index in [9.17, 15) is 14.4 Å². The molecule has 0 bridgehead atoms. The number of methoxy groups -OCH3 is 1. The van der Waals surface area contributed by atoms with Crippen molar-refractivity contribution in [3.05, 3.63) is 48.6 Å². The number of carbonyl (C=O) groups excluding carboxylic acids is 3. The van der Waals surface area contributed by atoms with Gasteiger partial charge in [0.25, 0.3) is 5.91 Å². The summed E-state index contributed by atoms with van der Waals surface area (Å²) in [6, 6.07) is 6.58. The third kappa shape index (κ3) is 3.94. The monoisotopic (exact) mass is 498 g/mol. The van der Waals surface area contributed by atoms with E-state index < -0.39 is 22.6 Å². The normalized spacial score (nSPS) is 31.5. The Kier molecular flexibility index (Phi) is 6.63. The van der Waals surface area contributed by atoms with Gasteiger partial charge in [-0.25, -0.2) is 0 Å². The predicted molar refractivity (Wildman–Crippen MR) is 132 cm³/mol. The van der Waals surface area contributed by atoms with Crippen molar-refractivity contribution < 1.29 is 29.0 Å². The Morgan fingerprint density at radius 2 is 1.91 bits per heavy atom. The topological polar surface area (TPSA) is 96.4 Å². The van der Waals surface area contributed by atoms with Crippen LogP contribution in [0.3, 0.4) is 0 Å². The molecule has 35 heavy (non-hydrogen) atoms. The summed E-state index contributed by atoms with van der Waals surface area (Å²) in [6.45, 7) is 1.07. The van der Waals surface area contributed by atoms with Crippen LogP contribution in [0.15, 0.2) is 48.6 Å². The standard InChI is InChI=1S/C26H30N2O6S/c1-33-18-10-8-17(9-11-18)27-14-6-12-26-21(20-19(35-26)7-5-16-34-25(20)32)23(30)28(22(26)24(27)31)13-3-2-4-15-29/h5-12,19-22,29H,2-4,13-16H2,1H3/t19-,20+,21+,22?,26+/m1/s1. The quantitative estimate of drug-likeness (QED) is 0.350. The van der Waals surface area contributed by atoms with Crippen LogP contribution < -0.4 is 9.64 Å². The first-order valence-electron chi connectivity index (χ1n) is 12.1. The molecule has 0 saturated carbocycles. The van der Waals surface area contributed by atoms with Crippen molar-refractivity contribution in [3.63, 3.8) is 0 Å². The molecule has 1 spiro atoms. The Balaban J connectivity index is 1.54. The number of hydrogen-bond acceptors (Lipinski definition) is 7. The van der Waals surface area contributed by atoms with Crippen LogP contribution in [0.4, 0.5) is 5.69 Å². The van der Waals surface area contributed by atoms with Crippen molar-refractivity contribution in [2.24, 2.45) is 11.8 Å². The Morgan fingerprint density at radius 1 is 1.11 bits per heavy atom. The van der Waals surface area contributed by atoms with E-state index in [-0.39, 0.29) is 36.2 Å². The minimum atomic E-state index is -0.845. The van der Waals surface area contributed by atoms with Crippen molar-refractivity contribution >= 4 is 35.2 Å². The lowest BCUT2D eigenvalue weighted by molar-refractivity contribution is -0.151. The van der Waals surface area contributed by atoms with Gasteiger partial charge in [-0.05, 0) is 43.5 Å². The van der Waals surface area contributed by atoms with Gasteiger partial charge in [0.15, 0.2) is 0 Å². The van der Waals surface area contributed by atoms with E-state index >= 15 is 0 Å². The summed E-state index contributed by atoms with van der Waals surface area (Å²) in [4.78, 5) is 44.5. The van der Waals surface area contributed by atoms with Crippen LogP contribution in [0, 0.1) is 11.8 Å². The molecule has 5 rings (SSSR count). The fourth-order valence-electron chi connectivity index (χ4n) is 5.77. The molecular weight excluding hydrogens is 468 g/mol. The highest BCUT2D eigenvalue weighted by molar-refractivity contribution is 8.02. The van der Waals surface area contributed by atoms with Crippen molar-refractivity contribution in [3.8, 4) is 5.75 Å². The lowest BCUT2D eigenvalue weighted by Crippen LogP contribution is -2.53. The fraction of sp³-hybridized carbons (Fsp3) is 0.500. The molecule has 2 amide bonds. The number of hydrogen-bond donors (Lipinski definition) is 1. The summed E-state index contributed by atoms with van der Waals surface area (Å²) in [5.41, 5.74) is 0.727. The Morgan fingerprint density at radius 3 is 2.66 bits per heavy atom. The first kappa shape index (κ1) is 23.9. The molecule has 186 valence electrons. The highest BCUT2D eigenvalue weighted by atomic mass is 32.2. The zero-order valence-electron chi connectivity index (χ0n) is 19.7. The van der Waals surface area contributed by atoms with Gasteiger partial charge in [-0.15, -0.1) is 11.8 Å². The molecule has 0 radical (unpaired) electrons. The number of carbonyl (C=O) groups is 3. The number of thioether (sulfide) groups is 1. The largest absolute Gasteiger partial charge is 0.497 e. The molecular formula is C26H30N2O6S. The van der Waals surface area contributed by atoms with Crippen LogP contribution in [-0.2, 0) is 19.1 Å². The lowest BCUT2D eigenvalue weighted by atomic mass is 9.78. The minimum absolute atomic E-state index is 0.0919. The first-order chi connectivity index (χ1) is 17.0. The molecule has 1 N–H and O–H groups in total. The lowest BCUT2D eigenvalue weighted by Gasteiger charge is -2.35. The zero-order valence-corrected chi connectivity index (χ0v) is 20.5. The number of rotatable bonds is 7. The average Bonchev–Trinajstić information content (AvgIpc) is 3.16. The molecule has 0 aromatic heterocycles. The zero-order chi connectivity index (χ0) is 24.6. The second-order valence-electron chi connectivity index (χ2n) is 9.27. The van der Waals surface area contributed by atoms with Crippen molar-refractivity contribution in [1.29, 1.82) is 0 Å². The molecule has 1 unspecified atom stereocenters. The van der Waals surface area contributed by atoms with Crippen molar-refractivity contribution in [2.75, 3.05) is 38.3 Å². The van der Waals surface area contributed by atoms with E-state index in [0.717, 1.165) is 12.1 Å². The van der Waals surface area contributed by atoms with Gasteiger partial charge in [-0.1, -0.05) is 24.3 Å². The van der Waals surface area contributed by atoms with Gasteiger partial charge in [0, 0.05) is 30.6 Å². The van der Waals surface area contributed by atoms with Crippen LogP contribution in [0.5, 0.6) is 5.75 Å². The number of benzene rings is 1. The maximum absolute atomic E-state index is 14.2. The Hall–Kier alpha value is -2.78. The van der Waals surface area contributed by atoms with E-state index in [0.29, 0.717) is 31.7 Å². The van der Waals surface area contributed by atoms with Gasteiger partial charge in [0.1, 0.15) is 18.4 Å². The van der Waals surface area contributed by atoms with Crippen molar-refractivity contribution in [1.82, 2.24) is 4.90 Å². The molecule has 8 nitrogen and oxygen atoms in total. The van der Waals surface area contributed by atoms with Gasteiger partial charge >= 0.3 is 5.97 Å². The number of esters is 1. The average molecular weight is 499 g/mol. The van der Waals surface area contributed by atoms with Gasteiger partial charge in [-0.2, -0.15) is 0 Å². The van der Waals surface area contributed by atoms with Crippen LogP contribution in [-0.4, -0.2) is 77.2 Å². The number of aliphatic hydroxyl groups is 1. The van der Waals surface area contributed by atoms with E-state index in [2.05, 4.69) is 0 Å². The van der Waals surface area contributed by atoms with Gasteiger partial charge in [-0.3, -0.25) is 14.4 Å². The second kappa shape index (κ2) is 9.70. The number of anilines is 1.